The van der Waals surface area contributed by atoms with Gasteiger partial charge in [0.1, 0.15) is 0 Å². The minimum absolute atomic E-state index is 0.210. The summed E-state index contributed by atoms with van der Waals surface area (Å²) >= 11 is 3.40. The Balaban J connectivity index is 2.56. The summed E-state index contributed by atoms with van der Waals surface area (Å²) in [7, 11) is 1.90. The Hall–Kier alpha value is -0.940. The van der Waals surface area contributed by atoms with E-state index in [0.29, 0.717) is 0 Å². The van der Waals surface area contributed by atoms with Crippen molar-refractivity contribution in [2.45, 2.75) is 19.4 Å². The van der Waals surface area contributed by atoms with Crippen LogP contribution in [0.25, 0.3) is 5.65 Å². The number of halogens is 1. The topological polar surface area (TPSA) is 42.2 Å². The Labute approximate surface area is 96.8 Å². The molecule has 0 radical (unpaired) electrons. The van der Waals surface area contributed by atoms with Crippen LogP contribution in [0.15, 0.2) is 22.8 Å². The molecule has 0 unspecified atom stereocenters. The standard InChI is InChI=1S/C10H13BrN4/c1-10(2,12-3)9-13-8-5-4-7(11)6-15(8)14-9/h4-6,12H,1-3H3. The minimum Gasteiger partial charge on any atom is -0.308 e. The number of hydrogen-bond donors (Lipinski definition) is 1. The van der Waals surface area contributed by atoms with Gasteiger partial charge < -0.3 is 5.32 Å². The Bertz CT molecular complexity index is 489. The summed E-state index contributed by atoms with van der Waals surface area (Å²) in [6, 6.07) is 3.90. The van der Waals surface area contributed by atoms with Crippen molar-refractivity contribution in [2.24, 2.45) is 0 Å². The monoisotopic (exact) mass is 268 g/mol. The van der Waals surface area contributed by atoms with Gasteiger partial charge in [0, 0.05) is 10.7 Å². The van der Waals surface area contributed by atoms with E-state index < -0.39 is 0 Å². The third kappa shape index (κ3) is 1.89. The lowest BCUT2D eigenvalue weighted by Gasteiger charge is -2.19. The number of nitrogens with one attached hydrogen (secondary N) is 1. The summed E-state index contributed by atoms with van der Waals surface area (Å²) in [5, 5.41) is 7.61. The fraction of sp³-hybridized carbons (Fsp3) is 0.400. The Morgan fingerprint density at radius 3 is 2.80 bits per heavy atom. The molecule has 0 aliphatic rings. The molecule has 0 saturated carbocycles. The first-order chi connectivity index (χ1) is 7.03. The van der Waals surface area contributed by atoms with Crippen molar-refractivity contribution in [3.63, 3.8) is 0 Å². The van der Waals surface area contributed by atoms with Crippen LogP contribution >= 0.6 is 15.9 Å². The van der Waals surface area contributed by atoms with Gasteiger partial charge in [-0.05, 0) is 49.0 Å². The molecule has 1 N–H and O–H groups in total. The third-order valence-electron chi connectivity index (χ3n) is 2.48. The molecular formula is C10H13BrN4. The highest BCUT2D eigenvalue weighted by Gasteiger charge is 2.23. The van der Waals surface area contributed by atoms with E-state index in [-0.39, 0.29) is 5.54 Å². The number of pyridine rings is 1. The van der Waals surface area contributed by atoms with Gasteiger partial charge in [0.05, 0.1) is 5.54 Å². The van der Waals surface area contributed by atoms with Crippen LogP contribution in [0.2, 0.25) is 0 Å². The fourth-order valence-electron chi connectivity index (χ4n) is 1.23. The summed E-state index contributed by atoms with van der Waals surface area (Å²) in [6.45, 7) is 4.10. The van der Waals surface area contributed by atoms with E-state index in [9.17, 15) is 0 Å². The lowest BCUT2D eigenvalue weighted by Crippen LogP contribution is -2.34. The van der Waals surface area contributed by atoms with Crippen LogP contribution < -0.4 is 5.32 Å². The lowest BCUT2D eigenvalue weighted by molar-refractivity contribution is 0.417. The maximum Gasteiger partial charge on any atom is 0.171 e. The summed E-state index contributed by atoms with van der Waals surface area (Å²) in [5.74, 6) is 0.795. The average Bonchev–Trinajstić information content (AvgIpc) is 2.61. The van der Waals surface area contributed by atoms with E-state index in [1.54, 1.807) is 4.52 Å². The maximum absolute atomic E-state index is 4.46. The largest absolute Gasteiger partial charge is 0.308 e. The normalized spacial score (nSPS) is 12.3. The number of fused-ring (bicyclic) bond motifs is 1. The molecule has 2 aromatic rings. The quantitative estimate of drug-likeness (QED) is 0.906. The highest BCUT2D eigenvalue weighted by atomic mass is 79.9. The summed E-state index contributed by atoms with van der Waals surface area (Å²) in [4.78, 5) is 4.46. The Morgan fingerprint density at radius 2 is 2.13 bits per heavy atom. The van der Waals surface area contributed by atoms with Crippen LogP contribution in [0.1, 0.15) is 19.7 Å². The van der Waals surface area contributed by atoms with Gasteiger partial charge >= 0.3 is 0 Å². The van der Waals surface area contributed by atoms with E-state index in [1.807, 2.05) is 25.4 Å². The summed E-state index contributed by atoms with van der Waals surface area (Å²) in [5.41, 5.74) is 0.648. The smallest absolute Gasteiger partial charge is 0.171 e. The zero-order chi connectivity index (χ0) is 11.1. The zero-order valence-electron chi connectivity index (χ0n) is 8.95. The molecule has 2 rings (SSSR count). The van der Waals surface area contributed by atoms with Crippen molar-refractivity contribution in [1.29, 1.82) is 0 Å². The van der Waals surface area contributed by atoms with E-state index >= 15 is 0 Å². The molecule has 0 spiro atoms. The van der Waals surface area contributed by atoms with E-state index in [2.05, 4.69) is 45.2 Å². The molecule has 0 amide bonds. The second-order valence-corrected chi connectivity index (χ2v) is 4.88. The summed E-state index contributed by atoms with van der Waals surface area (Å²) in [6.07, 6.45) is 1.90. The van der Waals surface area contributed by atoms with Crippen molar-refractivity contribution in [2.75, 3.05) is 7.05 Å². The first-order valence-electron chi connectivity index (χ1n) is 4.74. The van der Waals surface area contributed by atoms with E-state index in [0.717, 1.165) is 15.9 Å². The number of aromatic nitrogens is 3. The van der Waals surface area contributed by atoms with Crippen LogP contribution in [0, 0.1) is 0 Å². The molecule has 0 fully saturated rings. The molecule has 0 bridgehead atoms. The van der Waals surface area contributed by atoms with Gasteiger partial charge in [-0.3, -0.25) is 0 Å². The minimum atomic E-state index is -0.210. The van der Waals surface area contributed by atoms with Gasteiger partial charge in [-0.1, -0.05) is 0 Å². The van der Waals surface area contributed by atoms with Crippen LogP contribution in [0.4, 0.5) is 0 Å². The molecule has 5 heteroatoms. The van der Waals surface area contributed by atoms with Crippen LogP contribution in [-0.2, 0) is 5.54 Å². The van der Waals surface area contributed by atoms with Crippen molar-refractivity contribution in [3.05, 3.63) is 28.6 Å². The molecule has 0 aliphatic carbocycles. The predicted octanol–water partition coefficient (Wildman–Crippen LogP) is 1.95. The second-order valence-electron chi connectivity index (χ2n) is 3.96. The van der Waals surface area contributed by atoms with Crippen molar-refractivity contribution in [1.82, 2.24) is 19.9 Å². The lowest BCUT2D eigenvalue weighted by atomic mass is 10.1. The van der Waals surface area contributed by atoms with Crippen LogP contribution in [-0.4, -0.2) is 21.6 Å². The number of rotatable bonds is 2. The van der Waals surface area contributed by atoms with Crippen LogP contribution in [0.3, 0.4) is 0 Å². The van der Waals surface area contributed by atoms with Crippen LogP contribution in [0.5, 0.6) is 0 Å². The molecular weight excluding hydrogens is 256 g/mol. The molecule has 2 heterocycles. The van der Waals surface area contributed by atoms with Crippen molar-refractivity contribution in [3.8, 4) is 0 Å². The average molecular weight is 269 g/mol. The number of nitrogens with zero attached hydrogens (tertiary/aromatic N) is 3. The highest BCUT2D eigenvalue weighted by Crippen LogP contribution is 2.17. The Kier molecular flexibility index (Phi) is 2.52. The van der Waals surface area contributed by atoms with E-state index in [4.69, 9.17) is 0 Å². The van der Waals surface area contributed by atoms with Gasteiger partial charge in [-0.15, -0.1) is 5.10 Å². The molecule has 80 valence electrons. The predicted molar refractivity (Wildman–Crippen MR) is 62.8 cm³/mol. The molecule has 0 saturated heterocycles. The molecule has 0 atom stereocenters. The third-order valence-corrected chi connectivity index (χ3v) is 2.95. The van der Waals surface area contributed by atoms with Gasteiger partial charge in [-0.25, -0.2) is 9.50 Å². The Morgan fingerprint density at radius 1 is 1.40 bits per heavy atom. The first kappa shape index (κ1) is 10.6. The first-order valence-corrected chi connectivity index (χ1v) is 5.53. The second kappa shape index (κ2) is 3.57. The van der Waals surface area contributed by atoms with Crippen molar-refractivity contribution >= 4 is 21.6 Å². The molecule has 0 aromatic carbocycles. The maximum atomic E-state index is 4.46. The molecule has 0 aliphatic heterocycles. The van der Waals surface area contributed by atoms with Gasteiger partial charge in [-0.2, -0.15) is 0 Å². The SMILES string of the molecule is CNC(C)(C)c1nc2ccc(Br)cn2n1. The molecule has 4 nitrogen and oxygen atoms in total. The van der Waals surface area contributed by atoms with Gasteiger partial charge in [0.2, 0.25) is 0 Å². The fourth-order valence-corrected chi connectivity index (χ4v) is 1.56. The van der Waals surface area contributed by atoms with Gasteiger partial charge in [0.15, 0.2) is 11.5 Å². The van der Waals surface area contributed by atoms with Crippen molar-refractivity contribution < 1.29 is 0 Å². The van der Waals surface area contributed by atoms with Gasteiger partial charge in [0.25, 0.3) is 0 Å². The number of hydrogen-bond acceptors (Lipinski definition) is 3. The zero-order valence-corrected chi connectivity index (χ0v) is 10.5. The summed E-state index contributed by atoms with van der Waals surface area (Å²) < 4.78 is 2.77. The van der Waals surface area contributed by atoms with E-state index in [1.165, 1.54) is 0 Å². The molecule has 2 aromatic heterocycles. The highest BCUT2D eigenvalue weighted by molar-refractivity contribution is 9.10. The molecule has 15 heavy (non-hydrogen) atoms.